The molecule has 44 heavy (non-hydrogen) atoms. The van der Waals surface area contributed by atoms with Gasteiger partial charge in [-0.2, -0.15) is 0 Å². The van der Waals surface area contributed by atoms with Crippen LogP contribution in [0.5, 0.6) is 0 Å². The number of benzene rings is 1. The van der Waals surface area contributed by atoms with Crippen molar-refractivity contribution in [1.82, 2.24) is 26.0 Å². The van der Waals surface area contributed by atoms with Crippen LogP contribution in [0.1, 0.15) is 95.0 Å². The van der Waals surface area contributed by atoms with Gasteiger partial charge < -0.3 is 20.5 Å². The fraction of sp³-hybridized carbons (Fsp3) is 0.618. The molecule has 3 atom stereocenters. The van der Waals surface area contributed by atoms with Crippen molar-refractivity contribution >= 4 is 23.5 Å². The highest BCUT2D eigenvalue weighted by molar-refractivity contribution is 5.98. The zero-order valence-corrected chi connectivity index (χ0v) is 26.9. The Labute approximate surface area is 261 Å². The van der Waals surface area contributed by atoms with E-state index in [1.54, 1.807) is 6.07 Å². The number of rotatable bonds is 16. The maximum atomic E-state index is 13.8. The van der Waals surface area contributed by atoms with E-state index in [1.165, 1.54) is 0 Å². The second-order valence-electron chi connectivity index (χ2n) is 13.7. The van der Waals surface area contributed by atoms with Crippen LogP contribution in [0.2, 0.25) is 0 Å². The molecule has 0 spiro atoms. The van der Waals surface area contributed by atoms with Gasteiger partial charge in [0.15, 0.2) is 17.2 Å². The van der Waals surface area contributed by atoms with E-state index in [-0.39, 0.29) is 29.7 Å². The van der Waals surface area contributed by atoms with E-state index in [4.69, 9.17) is 4.52 Å². The van der Waals surface area contributed by atoms with E-state index in [0.29, 0.717) is 25.1 Å². The molecule has 2 aliphatic rings. The summed E-state index contributed by atoms with van der Waals surface area (Å²) < 4.78 is 5.41. The molecule has 1 aliphatic heterocycles. The van der Waals surface area contributed by atoms with E-state index < -0.39 is 41.3 Å². The molecule has 2 fully saturated rings. The fourth-order valence-electron chi connectivity index (χ4n) is 5.75. The summed E-state index contributed by atoms with van der Waals surface area (Å²) in [7, 11) is 0. The average Bonchev–Trinajstić information content (AvgIpc) is 3.33. The van der Waals surface area contributed by atoms with Gasteiger partial charge in [0.25, 0.3) is 5.91 Å². The van der Waals surface area contributed by atoms with Crippen LogP contribution in [0.25, 0.3) is 0 Å². The number of likely N-dealkylation sites (tertiary alicyclic amines) is 1. The van der Waals surface area contributed by atoms with Crippen LogP contribution in [-0.2, 0) is 27.3 Å². The molecule has 10 nitrogen and oxygen atoms in total. The minimum absolute atomic E-state index is 0.0472. The maximum Gasteiger partial charge on any atom is 0.274 e. The number of ketones is 1. The highest BCUT2D eigenvalue weighted by Crippen LogP contribution is 2.47. The van der Waals surface area contributed by atoms with Gasteiger partial charge in [0.1, 0.15) is 12.1 Å². The first-order valence-electron chi connectivity index (χ1n) is 16.1. The number of nitrogens with zero attached hydrogens (tertiary/aromatic N) is 2. The second kappa shape index (κ2) is 15.0. The first kappa shape index (κ1) is 33.4. The molecule has 1 aromatic carbocycles. The molecule has 1 aromatic heterocycles. The number of hydrogen-bond acceptors (Lipinski definition) is 7. The third kappa shape index (κ3) is 9.48. The Balaban J connectivity index is 1.48. The van der Waals surface area contributed by atoms with Crippen molar-refractivity contribution in [2.24, 2.45) is 17.3 Å². The van der Waals surface area contributed by atoms with Crippen molar-refractivity contribution in [3.05, 3.63) is 53.4 Å². The molecule has 4 rings (SSSR count). The van der Waals surface area contributed by atoms with Crippen molar-refractivity contribution in [1.29, 1.82) is 0 Å². The lowest BCUT2D eigenvalue weighted by Crippen LogP contribution is -2.57. The van der Waals surface area contributed by atoms with Crippen LogP contribution in [0.3, 0.4) is 0 Å². The number of aromatic nitrogens is 1. The van der Waals surface area contributed by atoms with Crippen LogP contribution >= 0.6 is 0 Å². The van der Waals surface area contributed by atoms with E-state index in [1.807, 2.05) is 65.0 Å². The number of nitrogens with one attached hydrogen (secondary N) is 3. The van der Waals surface area contributed by atoms with Gasteiger partial charge in [-0.25, -0.2) is 0 Å². The van der Waals surface area contributed by atoms with Gasteiger partial charge in [-0.15, -0.1) is 0 Å². The number of amides is 3. The molecule has 3 N–H and O–H groups in total. The summed E-state index contributed by atoms with van der Waals surface area (Å²) in [6, 6.07) is 8.59. The smallest absolute Gasteiger partial charge is 0.274 e. The highest BCUT2D eigenvalue weighted by atomic mass is 16.5. The van der Waals surface area contributed by atoms with Crippen molar-refractivity contribution in [3.63, 3.8) is 0 Å². The largest absolute Gasteiger partial charge is 0.359 e. The molecular weight excluding hydrogens is 558 g/mol. The molecule has 10 heteroatoms. The summed E-state index contributed by atoms with van der Waals surface area (Å²) in [4.78, 5) is 56.2. The summed E-state index contributed by atoms with van der Waals surface area (Å²) in [5.74, 6) is -0.452. The third-order valence-electron chi connectivity index (χ3n) is 8.55. The average molecular weight is 608 g/mol. The Morgan fingerprint density at radius 1 is 0.864 bits per heavy atom. The Kier molecular flexibility index (Phi) is 11.4. The van der Waals surface area contributed by atoms with Crippen LogP contribution in [-0.4, -0.2) is 64.8 Å². The van der Waals surface area contributed by atoms with Crippen LogP contribution in [0.4, 0.5) is 0 Å². The SMILES string of the molecule is CC(C)C[C@H](NC(=O)c1cc(CN2CCCC2)on1)C(=O)N[C@@H](Cc1ccccc1)C(=O)N[C@@H](CC(C)C)C(=O)C1(C)CC1. The van der Waals surface area contributed by atoms with Gasteiger partial charge in [0.2, 0.25) is 11.8 Å². The number of Topliss-reactive ketones (excluding diaryl/α,β-unsaturated/α-hetero) is 1. The minimum Gasteiger partial charge on any atom is -0.359 e. The number of carbonyl (C=O) groups excluding carboxylic acids is 4. The monoisotopic (exact) mass is 607 g/mol. The molecule has 0 radical (unpaired) electrons. The predicted octanol–water partition coefficient (Wildman–Crippen LogP) is 4.04. The molecule has 0 bridgehead atoms. The minimum atomic E-state index is -0.940. The van der Waals surface area contributed by atoms with E-state index >= 15 is 0 Å². The highest BCUT2D eigenvalue weighted by Gasteiger charge is 2.48. The van der Waals surface area contributed by atoms with Gasteiger partial charge in [0, 0.05) is 17.9 Å². The lowest BCUT2D eigenvalue weighted by atomic mass is 9.91. The molecule has 1 aliphatic carbocycles. The zero-order chi connectivity index (χ0) is 31.9. The Morgan fingerprint density at radius 3 is 2.07 bits per heavy atom. The van der Waals surface area contributed by atoms with Crippen molar-refractivity contribution in [2.75, 3.05) is 13.1 Å². The van der Waals surface area contributed by atoms with Crippen LogP contribution in [0, 0.1) is 17.3 Å². The van der Waals surface area contributed by atoms with Gasteiger partial charge in [0.05, 0.1) is 12.6 Å². The van der Waals surface area contributed by atoms with E-state index in [9.17, 15) is 19.2 Å². The molecular formula is C34H49N5O5. The van der Waals surface area contributed by atoms with E-state index in [0.717, 1.165) is 44.3 Å². The second-order valence-corrected chi connectivity index (χ2v) is 13.7. The van der Waals surface area contributed by atoms with Crippen LogP contribution < -0.4 is 16.0 Å². The Morgan fingerprint density at radius 2 is 1.45 bits per heavy atom. The van der Waals surface area contributed by atoms with Gasteiger partial charge in [-0.05, 0) is 69.0 Å². The maximum absolute atomic E-state index is 13.8. The Hall–Kier alpha value is -3.53. The van der Waals surface area contributed by atoms with Crippen molar-refractivity contribution in [2.45, 2.75) is 104 Å². The normalized spacial score (nSPS) is 18.1. The topological polar surface area (TPSA) is 134 Å². The predicted molar refractivity (Wildman–Crippen MR) is 168 cm³/mol. The first-order chi connectivity index (χ1) is 20.9. The lowest BCUT2D eigenvalue weighted by molar-refractivity contribution is -0.133. The molecule has 2 heterocycles. The summed E-state index contributed by atoms with van der Waals surface area (Å²) in [5.41, 5.74) is 0.585. The molecule has 2 aromatic rings. The molecule has 0 unspecified atom stereocenters. The van der Waals surface area contributed by atoms with Gasteiger partial charge in [-0.1, -0.05) is 70.1 Å². The first-order valence-corrected chi connectivity index (χ1v) is 16.1. The summed E-state index contributed by atoms with van der Waals surface area (Å²) in [6.45, 7) is 12.5. The number of hydrogen-bond donors (Lipinski definition) is 3. The number of carbonyl (C=O) groups is 4. The molecule has 240 valence electrons. The third-order valence-corrected chi connectivity index (χ3v) is 8.55. The van der Waals surface area contributed by atoms with Crippen molar-refractivity contribution in [3.8, 4) is 0 Å². The standard InChI is InChI=1S/C34H49N5O5/c1-22(2)17-26(30(40)34(5)13-14-34)35-32(42)28(19-24-11-7-6-8-12-24)37-31(41)27(18-23(3)4)36-33(43)29-20-25(44-38-29)21-39-15-9-10-16-39/h6-8,11-12,20,22-23,26-28H,9-10,13-19,21H2,1-5H3,(H,35,42)(H,36,43)(H,37,41)/t26-,27-,28-/m0/s1. The van der Waals surface area contributed by atoms with Gasteiger partial charge >= 0.3 is 0 Å². The molecule has 3 amide bonds. The molecule has 1 saturated carbocycles. The quantitative estimate of drug-likeness (QED) is 0.262. The summed E-state index contributed by atoms with van der Waals surface area (Å²) in [6.07, 6.45) is 5.06. The fourth-order valence-corrected chi connectivity index (χ4v) is 5.75. The van der Waals surface area contributed by atoms with Crippen molar-refractivity contribution < 1.29 is 23.7 Å². The van der Waals surface area contributed by atoms with Crippen LogP contribution in [0.15, 0.2) is 40.9 Å². The van der Waals surface area contributed by atoms with E-state index in [2.05, 4.69) is 26.0 Å². The summed E-state index contributed by atoms with van der Waals surface area (Å²) >= 11 is 0. The lowest BCUT2D eigenvalue weighted by Gasteiger charge is -2.27. The zero-order valence-electron chi connectivity index (χ0n) is 26.9. The van der Waals surface area contributed by atoms with Gasteiger partial charge in [-0.3, -0.25) is 24.1 Å². The summed E-state index contributed by atoms with van der Waals surface area (Å²) in [5, 5.41) is 12.7. The Bertz CT molecular complexity index is 1280. The molecule has 1 saturated heterocycles.